The summed E-state index contributed by atoms with van der Waals surface area (Å²) in [6.45, 7) is 2.07. The molecule has 0 bridgehead atoms. The molecule has 0 aliphatic heterocycles. The van der Waals surface area contributed by atoms with Crippen molar-refractivity contribution in [2.75, 3.05) is 0 Å². The molecule has 98 valence electrons. The first-order valence-corrected chi connectivity index (χ1v) is 7.25. The third-order valence-electron chi connectivity index (χ3n) is 3.49. The standard InChI is InChI=1S/C18H13BrO/c1-12-6-11-17(16-5-3-2-4-15(12)16)18(20)13-7-9-14(19)10-8-13/h2-11H,1H3. The summed E-state index contributed by atoms with van der Waals surface area (Å²) >= 11 is 3.39. The normalized spacial score (nSPS) is 10.7. The lowest BCUT2D eigenvalue weighted by Crippen LogP contribution is -2.02. The van der Waals surface area contributed by atoms with Gasteiger partial charge >= 0.3 is 0 Å². The van der Waals surface area contributed by atoms with Crippen LogP contribution in [0.25, 0.3) is 10.8 Å². The summed E-state index contributed by atoms with van der Waals surface area (Å²) in [5.41, 5.74) is 2.66. The lowest BCUT2D eigenvalue weighted by atomic mass is 9.95. The van der Waals surface area contributed by atoms with Crippen LogP contribution >= 0.6 is 15.9 Å². The second-order valence-electron chi connectivity index (χ2n) is 4.81. The van der Waals surface area contributed by atoms with Crippen molar-refractivity contribution in [3.63, 3.8) is 0 Å². The fourth-order valence-electron chi connectivity index (χ4n) is 2.40. The van der Waals surface area contributed by atoms with E-state index in [9.17, 15) is 4.79 Å². The Morgan fingerprint density at radius 2 is 1.50 bits per heavy atom. The summed E-state index contributed by atoms with van der Waals surface area (Å²) in [4.78, 5) is 12.7. The van der Waals surface area contributed by atoms with E-state index in [1.165, 1.54) is 5.56 Å². The van der Waals surface area contributed by atoms with Gasteiger partial charge in [-0.25, -0.2) is 0 Å². The van der Waals surface area contributed by atoms with Crippen molar-refractivity contribution in [3.8, 4) is 0 Å². The van der Waals surface area contributed by atoms with Crippen LogP contribution in [0.5, 0.6) is 0 Å². The van der Waals surface area contributed by atoms with E-state index >= 15 is 0 Å². The van der Waals surface area contributed by atoms with E-state index in [4.69, 9.17) is 0 Å². The van der Waals surface area contributed by atoms with Gasteiger partial charge in [-0.05, 0) is 47.5 Å². The van der Waals surface area contributed by atoms with Gasteiger partial charge in [-0.15, -0.1) is 0 Å². The molecule has 0 aliphatic rings. The van der Waals surface area contributed by atoms with E-state index in [1.807, 2.05) is 54.6 Å². The summed E-state index contributed by atoms with van der Waals surface area (Å²) < 4.78 is 0.975. The lowest BCUT2D eigenvalue weighted by molar-refractivity contribution is 0.104. The molecule has 20 heavy (non-hydrogen) atoms. The van der Waals surface area contributed by atoms with Gasteiger partial charge in [0.15, 0.2) is 5.78 Å². The second-order valence-corrected chi connectivity index (χ2v) is 5.73. The van der Waals surface area contributed by atoms with Gasteiger partial charge in [0.1, 0.15) is 0 Å². The Bertz CT molecular complexity index is 788. The van der Waals surface area contributed by atoms with Crippen molar-refractivity contribution in [2.24, 2.45) is 0 Å². The van der Waals surface area contributed by atoms with Crippen LogP contribution in [-0.2, 0) is 0 Å². The van der Waals surface area contributed by atoms with Crippen LogP contribution in [0.4, 0.5) is 0 Å². The number of fused-ring (bicyclic) bond motifs is 1. The van der Waals surface area contributed by atoms with Gasteiger partial charge in [-0.3, -0.25) is 4.79 Å². The van der Waals surface area contributed by atoms with Crippen molar-refractivity contribution in [2.45, 2.75) is 6.92 Å². The van der Waals surface area contributed by atoms with Gasteiger partial charge in [0, 0.05) is 15.6 Å². The van der Waals surface area contributed by atoms with Crippen molar-refractivity contribution in [1.82, 2.24) is 0 Å². The fourth-order valence-corrected chi connectivity index (χ4v) is 2.67. The van der Waals surface area contributed by atoms with E-state index < -0.39 is 0 Å². The highest BCUT2D eigenvalue weighted by atomic mass is 79.9. The summed E-state index contributed by atoms with van der Waals surface area (Å²) in [5.74, 6) is 0.0636. The van der Waals surface area contributed by atoms with Crippen LogP contribution in [0.3, 0.4) is 0 Å². The number of hydrogen-bond acceptors (Lipinski definition) is 1. The molecule has 0 saturated heterocycles. The second kappa shape index (κ2) is 5.22. The molecule has 3 aromatic rings. The minimum absolute atomic E-state index is 0.0636. The van der Waals surface area contributed by atoms with E-state index in [0.29, 0.717) is 5.56 Å². The van der Waals surface area contributed by atoms with Gasteiger partial charge in [-0.1, -0.05) is 52.3 Å². The average Bonchev–Trinajstić information content (AvgIpc) is 2.48. The number of carbonyl (C=O) groups excluding carboxylic acids is 1. The topological polar surface area (TPSA) is 17.1 Å². The van der Waals surface area contributed by atoms with E-state index in [0.717, 1.165) is 20.8 Å². The molecule has 3 rings (SSSR count). The Morgan fingerprint density at radius 1 is 0.850 bits per heavy atom. The zero-order chi connectivity index (χ0) is 14.1. The van der Waals surface area contributed by atoms with Crippen LogP contribution in [-0.4, -0.2) is 5.78 Å². The third-order valence-corrected chi connectivity index (χ3v) is 4.02. The first-order valence-electron chi connectivity index (χ1n) is 6.45. The van der Waals surface area contributed by atoms with Crippen molar-refractivity contribution in [3.05, 3.63) is 81.8 Å². The maximum atomic E-state index is 12.7. The van der Waals surface area contributed by atoms with Crippen molar-refractivity contribution in [1.29, 1.82) is 0 Å². The molecule has 0 fully saturated rings. The minimum Gasteiger partial charge on any atom is -0.289 e. The molecule has 2 heteroatoms. The maximum absolute atomic E-state index is 12.7. The van der Waals surface area contributed by atoms with Crippen LogP contribution in [0.2, 0.25) is 0 Å². The summed E-state index contributed by atoms with van der Waals surface area (Å²) in [7, 11) is 0. The Balaban J connectivity index is 2.17. The van der Waals surface area contributed by atoms with Crippen molar-refractivity contribution < 1.29 is 4.79 Å². The molecule has 3 aromatic carbocycles. The van der Waals surface area contributed by atoms with Crippen molar-refractivity contribution >= 4 is 32.5 Å². The maximum Gasteiger partial charge on any atom is 0.193 e. The molecule has 0 amide bonds. The minimum atomic E-state index is 0.0636. The Hall–Kier alpha value is -1.93. The van der Waals surface area contributed by atoms with Gasteiger partial charge in [-0.2, -0.15) is 0 Å². The molecule has 0 unspecified atom stereocenters. The lowest BCUT2D eigenvalue weighted by Gasteiger charge is -2.08. The molecule has 0 radical (unpaired) electrons. The summed E-state index contributed by atoms with van der Waals surface area (Å²) in [6.07, 6.45) is 0. The molecule has 0 heterocycles. The number of rotatable bonds is 2. The van der Waals surface area contributed by atoms with Crippen LogP contribution in [0, 0.1) is 6.92 Å². The Labute approximate surface area is 126 Å². The smallest absolute Gasteiger partial charge is 0.193 e. The number of halogens is 1. The number of carbonyl (C=O) groups is 1. The zero-order valence-electron chi connectivity index (χ0n) is 11.1. The molecular weight excluding hydrogens is 312 g/mol. The molecule has 1 nitrogen and oxygen atoms in total. The quantitative estimate of drug-likeness (QED) is 0.596. The molecule has 0 aromatic heterocycles. The first kappa shape index (κ1) is 13.1. The fraction of sp³-hybridized carbons (Fsp3) is 0.0556. The predicted molar refractivity (Wildman–Crippen MR) is 86.3 cm³/mol. The van der Waals surface area contributed by atoms with E-state index in [-0.39, 0.29) is 5.78 Å². The van der Waals surface area contributed by atoms with Gasteiger partial charge in [0.25, 0.3) is 0 Å². The molecule has 0 N–H and O–H groups in total. The monoisotopic (exact) mass is 324 g/mol. The van der Waals surface area contributed by atoms with E-state index in [1.54, 1.807) is 0 Å². The number of hydrogen-bond donors (Lipinski definition) is 0. The number of benzene rings is 3. The van der Waals surface area contributed by atoms with Crippen LogP contribution in [0.1, 0.15) is 21.5 Å². The average molecular weight is 325 g/mol. The molecule has 0 atom stereocenters. The first-order chi connectivity index (χ1) is 9.66. The highest BCUT2D eigenvalue weighted by molar-refractivity contribution is 9.10. The highest BCUT2D eigenvalue weighted by Crippen LogP contribution is 2.25. The number of ketones is 1. The van der Waals surface area contributed by atoms with Crippen LogP contribution in [0.15, 0.2) is 65.1 Å². The molecular formula is C18H13BrO. The van der Waals surface area contributed by atoms with Gasteiger partial charge < -0.3 is 0 Å². The van der Waals surface area contributed by atoms with Gasteiger partial charge in [0.2, 0.25) is 0 Å². The SMILES string of the molecule is Cc1ccc(C(=O)c2ccc(Br)cc2)c2ccccc12. The van der Waals surface area contributed by atoms with Gasteiger partial charge in [0.05, 0.1) is 0 Å². The summed E-state index contributed by atoms with van der Waals surface area (Å²) in [6, 6.07) is 19.5. The molecule has 0 aliphatic carbocycles. The number of aryl methyl sites for hydroxylation is 1. The summed E-state index contributed by atoms with van der Waals surface area (Å²) in [5, 5.41) is 2.15. The zero-order valence-corrected chi connectivity index (χ0v) is 12.6. The Morgan fingerprint density at radius 3 is 2.20 bits per heavy atom. The Kier molecular flexibility index (Phi) is 3.41. The molecule has 0 saturated carbocycles. The molecule has 0 spiro atoms. The third kappa shape index (κ3) is 2.27. The highest BCUT2D eigenvalue weighted by Gasteiger charge is 2.13. The largest absolute Gasteiger partial charge is 0.289 e. The van der Waals surface area contributed by atoms with Crippen LogP contribution < -0.4 is 0 Å². The van der Waals surface area contributed by atoms with E-state index in [2.05, 4.69) is 28.9 Å². The predicted octanol–water partition coefficient (Wildman–Crippen LogP) is 5.14.